The lowest BCUT2D eigenvalue weighted by Gasteiger charge is -2.31. The number of sulfonamides is 1. The number of hydrogen-bond acceptors (Lipinski definition) is 3. The Hall–Kier alpha value is -1.60. The first-order valence-corrected chi connectivity index (χ1v) is 11.8. The molecule has 0 bridgehead atoms. The zero-order valence-corrected chi connectivity index (χ0v) is 18.7. The summed E-state index contributed by atoms with van der Waals surface area (Å²) in [6.45, 7) is 4.47. The molecule has 8 heteroatoms. The Balaban J connectivity index is 1.70. The van der Waals surface area contributed by atoms with Crippen molar-refractivity contribution in [2.45, 2.75) is 32.4 Å². The molecule has 1 amide bonds. The van der Waals surface area contributed by atoms with Gasteiger partial charge in [-0.15, -0.1) is 0 Å². The molecule has 1 N–H and O–H groups in total. The van der Waals surface area contributed by atoms with E-state index in [4.69, 9.17) is 23.2 Å². The van der Waals surface area contributed by atoms with Crippen LogP contribution in [0.25, 0.3) is 0 Å². The zero-order valence-electron chi connectivity index (χ0n) is 16.4. The SMILES string of the molecule is Cc1ccc(C)c(NC(=O)C2CCCN(S(=O)(=O)Cc3ccc(Cl)cc3Cl)C2)c1. The van der Waals surface area contributed by atoms with E-state index in [0.29, 0.717) is 35.0 Å². The molecule has 0 radical (unpaired) electrons. The average Bonchev–Trinajstić information content (AvgIpc) is 2.67. The molecule has 3 rings (SSSR count). The normalized spacial score (nSPS) is 17.9. The van der Waals surface area contributed by atoms with Gasteiger partial charge in [-0.25, -0.2) is 12.7 Å². The second-order valence-corrected chi connectivity index (χ2v) is 10.3. The number of amides is 1. The molecule has 156 valence electrons. The van der Waals surface area contributed by atoms with Crippen LogP contribution in [0.5, 0.6) is 0 Å². The first-order valence-electron chi connectivity index (χ1n) is 9.45. The molecule has 0 aromatic heterocycles. The summed E-state index contributed by atoms with van der Waals surface area (Å²) in [7, 11) is -3.60. The van der Waals surface area contributed by atoms with E-state index in [1.165, 1.54) is 10.4 Å². The average molecular weight is 455 g/mol. The number of piperidine rings is 1. The van der Waals surface area contributed by atoms with E-state index in [9.17, 15) is 13.2 Å². The molecule has 1 aliphatic heterocycles. The Kier molecular flexibility index (Phi) is 6.89. The van der Waals surface area contributed by atoms with Crippen molar-refractivity contribution in [2.24, 2.45) is 5.92 Å². The molecule has 0 aliphatic carbocycles. The van der Waals surface area contributed by atoms with Crippen molar-refractivity contribution in [3.63, 3.8) is 0 Å². The Morgan fingerprint density at radius 3 is 2.66 bits per heavy atom. The van der Waals surface area contributed by atoms with Crippen molar-refractivity contribution in [1.29, 1.82) is 0 Å². The van der Waals surface area contributed by atoms with Crippen molar-refractivity contribution >= 4 is 44.8 Å². The highest BCUT2D eigenvalue weighted by Gasteiger charge is 2.33. The van der Waals surface area contributed by atoms with E-state index in [2.05, 4.69) is 5.32 Å². The molecule has 1 fully saturated rings. The second kappa shape index (κ2) is 9.04. The lowest BCUT2D eigenvalue weighted by molar-refractivity contribution is -0.120. The maximum absolute atomic E-state index is 12.9. The monoisotopic (exact) mass is 454 g/mol. The van der Waals surface area contributed by atoms with E-state index < -0.39 is 10.0 Å². The summed E-state index contributed by atoms with van der Waals surface area (Å²) in [5, 5.41) is 3.74. The van der Waals surface area contributed by atoms with Crippen LogP contribution in [0.1, 0.15) is 29.5 Å². The molecular formula is C21H24Cl2N2O3S. The number of carbonyl (C=O) groups excluding carboxylic acids is 1. The lowest BCUT2D eigenvalue weighted by atomic mass is 9.98. The van der Waals surface area contributed by atoms with Crippen LogP contribution in [0.3, 0.4) is 0 Å². The highest BCUT2D eigenvalue weighted by molar-refractivity contribution is 7.88. The van der Waals surface area contributed by atoms with Gasteiger partial charge in [-0.05, 0) is 61.6 Å². The fourth-order valence-electron chi connectivity index (χ4n) is 3.44. The highest BCUT2D eigenvalue weighted by Crippen LogP contribution is 2.27. The number of halogens is 2. The van der Waals surface area contributed by atoms with Gasteiger partial charge in [0.2, 0.25) is 15.9 Å². The molecule has 0 saturated carbocycles. The van der Waals surface area contributed by atoms with Gasteiger partial charge >= 0.3 is 0 Å². The van der Waals surface area contributed by atoms with Crippen molar-refractivity contribution < 1.29 is 13.2 Å². The number of benzene rings is 2. The van der Waals surface area contributed by atoms with E-state index in [0.717, 1.165) is 16.8 Å². The van der Waals surface area contributed by atoms with Gasteiger partial charge in [-0.1, -0.05) is 41.4 Å². The maximum Gasteiger partial charge on any atom is 0.228 e. The molecule has 29 heavy (non-hydrogen) atoms. The summed E-state index contributed by atoms with van der Waals surface area (Å²) in [6, 6.07) is 10.6. The summed E-state index contributed by atoms with van der Waals surface area (Å²) in [5.41, 5.74) is 3.29. The molecule has 0 spiro atoms. The fraction of sp³-hybridized carbons (Fsp3) is 0.381. The van der Waals surface area contributed by atoms with Crippen LogP contribution in [-0.4, -0.2) is 31.7 Å². The smallest absolute Gasteiger partial charge is 0.228 e. The van der Waals surface area contributed by atoms with E-state index >= 15 is 0 Å². The van der Waals surface area contributed by atoms with Gasteiger partial charge in [0.15, 0.2) is 0 Å². The fourth-order valence-corrected chi connectivity index (χ4v) is 5.64. The van der Waals surface area contributed by atoms with E-state index in [-0.39, 0.29) is 24.1 Å². The summed E-state index contributed by atoms with van der Waals surface area (Å²) in [6.07, 6.45) is 1.29. The Bertz CT molecular complexity index is 1020. The number of rotatable bonds is 5. The molecule has 1 saturated heterocycles. The van der Waals surface area contributed by atoms with Crippen molar-refractivity contribution in [1.82, 2.24) is 4.31 Å². The second-order valence-electron chi connectivity index (χ2n) is 7.50. The number of nitrogens with zero attached hydrogens (tertiary/aromatic N) is 1. The van der Waals surface area contributed by atoms with Gasteiger partial charge < -0.3 is 5.32 Å². The number of nitrogens with one attached hydrogen (secondary N) is 1. The number of anilines is 1. The van der Waals surface area contributed by atoms with Crippen molar-refractivity contribution in [3.8, 4) is 0 Å². The minimum absolute atomic E-state index is 0.150. The molecule has 1 heterocycles. The van der Waals surface area contributed by atoms with Gasteiger partial charge in [-0.2, -0.15) is 0 Å². The van der Waals surface area contributed by atoms with Crippen molar-refractivity contribution in [3.05, 3.63) is 63.1 Å². The Morgan fingerprint density at radius 1 is 1.17 bits per heavy atom. The van der Waals surface area contributed by atoms with Gasteiger partial charge in [-0.3, -0.25) is 4.79 Å². The molecule has 5 nitrogen and oxygen atoms in total. The third-order valence-corrected chi connectivity index (χ3v) is 7.53. The topological polar surface area (TPSA) is 66.5 Å². The minimum atomic E-state index is -3.60. The maximum atomic E-state index is 12.9. The minimum Gasteiger partial charge on any atom is -0.326 e. The number of hydrogen-bond donors (Lipinski definition) is 1. The third-order valence-electron chi connectivity index (χ3n) is 5.15. The van der Waals surface area contributed by atoms with Gasteiger partial charge in [0.1, 0.15) is 0 Å². The molecule has 2 aromatic rings. The van der Waals surface area contributed by atoms with Gasteiger partial charge in [0.05, 0.1) is 11.7 Å². The first-order chi connectivity index (χ1) is 13.7. The van der Waals surface area contributed by atoms with Crippen LogP contribution in [0.2, 0.25) is 10.0 Å². The van der Waals surface area contributed by atoms with E-state index in [1.807, 2.05) is 32.0 Å². The summed E-state index contributed by atoms with van der Waals surface area (Å²) in [4.78, 5) is 12.8. The van der Waals surface area contributed by atoms with Crippen LogP contribution >= 0.6 is 23.2 Å². The highest BCUT2D eigenvalue weighted by atomic mass is 35.5. The molecule has 1 unspecified atom stereocenters. The number of carbonyl (C=O) groups is 1. The summed E-state index contributed by atoms with van der Waals surface area (Å²) >= 11 is 12.0. The van der Waals surface area contributed by atoms with Crippen LogP contribution in [-0.2, 0) is 20.6 Å². The van der Waals surface area contributed by atoms with Gasteiger partial charge in [0, 0.05) is 28.8 Å². The zero-order chi connectivity index (χ0) is 21.2. The molecule has 2 aromatic carbocycles. The molecular weight excluding hydrogens is 431 g/mol. The van der Waals surface area contributed by atoms with E-state index in [1.54, 1.807) is 12.1 Å². The lowest BCUT2D eigenvalue weighted by Crippen LogP contribution is -2.44. The standard InChI is InChI=1S/C21H24Cl2N2O3S/c1-14-5-6-15(2)20(10-14)24-21(26)16-4-3-9-25(12-16)29(27,28)13-17-7-8-18(22)11-19(17)23/h5-8,10-11,16H,3-4,9,12-13H2,1-2H3,(H,24,26). The van der Waals surface area contributed by atoms with Crippen LogP contribution in [0, 0.1) is 19.8 Å². The van der Waals surface area contributed by atoms with Gasteiger partial charge in [0.25, 0.3) is 0 Å². The predicted molar refractivity (Wildman–Crippen MR) is 118 cm³/mol. The quantitative estimate of drug-likeness (QED) is 0.705. The molecule has 1 aliphatic rings. The van der Waals surface area contributed by atoms with Crippen LogP contribution in [0.15, 0.2) is 36.4 Å². The first kappa shape index (κ1) is 22.1. The van der Waals surface area contributed by atoms with Crippen molar-refractivity contribution in [2.75, 3.05) is 18.4 Å². The Labute approximate surface area is 182 Å². The summed E-state index contributed by atoms with van der Waals surface area (Å²) < 4.78 is 27.2. The Morgan fingerprint density at radius 2 is 1.93 bits per heavy atom. The summed E-state index contributed by atoms with van der Waals surface area (Å²) in [5.74, 6) is -0.754. The van der Waals surface area contributed by atoms with Crippen LogP contribution in [0.4, 0.5) is 5.69 Å². The third kappa shape index (κ3) is 5.51. The predicted octanol–water partition coefficient (Wildman–Crippen LogP) is 4.79. The van der Waals surface area contributed by atoms with Crippen LogP contribution < -0.4 is 5.32 Å². The number of aryl methyl sites for hydroxylation is 2. The molecule has 1 atom stereocenters. The largest absolute Gasteiger partial charge is 0.326 e.